The summed E-state index contributed by atoms with van der Waals surface area (Å²) in [4.78, 5) is 11.2. The number of carbonyl (C=O) groups excluding carboxylic acids is 1. The third-order valence-electron chi connectivity index (χ3n) is 2.54. The van der Waals surface area contributed by atoms with Crippen molar-refractivity contribution in [2.24, 2.45) is 5.92 Å². The summed E-state index contributed by atoms with van der Waals surface area (Å²) in [6, 6.07) is 0. The molecule has 84 valence electrons. The van der Waals surface area contributed by atoms with E-state index in [1.807, 2.05) is 19.9 Å². The monoisotopic (exact) mass is 210 g/mol. The Hall–Kier alpha value is -1.25. The summed E-state index contributed by atoms with van der Waals surface area (Å²) in [6.45, 7) is 5.76. The number of aliphatic hydroxyl groups is 1. The van der Waals surface area contributed by atoms with Gasteiger partial charge in [0.1, 0.15) is 6.10 Å². The van der Waals surface area contributed by atoms with E-state index in [1.54, 1.807) is 13.0 Å². The lowest BCUT2D eigenvalue weighted by Crippen LogP contribution is -2.32. The molecule has 1 heterocycles. The predicted molar refractivity (Wildman–Crippen MR) is 58.4 cm³/mol. The maximum atomic E-state index is 11.2. The Labute approximate surface area is 90.4 Å². The fourth-order valence-electron chi connectivity index (χ4n) is 1.78. The first-order valence-electron chi connectivity index (χ1n) is 5.46. The number of rotatable bonds is 0. The molecule has 0 aromatic heterocycles. The fraction of sp³-hybridized carbons (Fsp3) is 0.583. The van der Waals surface area contributed by atoms with Crippen molar-refractivity contribution >= 4 is 5.97 Å². The van der Waals surface area contributed by atoms with Crippen molar-refractivity contribution < 1.29 is 14.6 Å². The van der Waals surface area contributed by atoms with E-state index in [1.165, 1.54) is 0 Å². The van der Waals surface area contributed by atoms with Crippen LogP contribution in [0.5, 0.6) is 0 Å². The Morgan fingerprint density at radius 2 is 2.07 bits per heavy atom. The molecule has 2 aliphatic rings. The number of fused-ring (bicyclic) bond motifs is 1. The third kappa shape index (κ3) is 2.61. The highest BCUT2D eigenvalue weighted by molar-refractivity contribution is 5.88. The summed E-state index contributed by atoms with van der Waals surface area (Å²) in [6.07, 6.45) is 4.87. The Bertz CT molecular complexity index is 302. The number of hydrogen-bond donors (Lipinski definition) is 1. The number of aliphatic hydroxyl groups excluding tert-OH is 1. The summed E-state index contributed by atoms with van der Waals surface area (Å²) in [5.74, 6) is 0.322. The highest BCUT2D eigenvalue weighted by Gasteiger charge is 2.31. The van der Waals surface area contributed by atoms with Crippen molar-refractivity contribution in [3.63, 3.8) is 0 Å². The molecule has 0 bridgehead atoms. The number of ether oxygens (including phenoxy) is 1. The minimum atomic E-state index is -0.271. The summed E-state index contributed by atoms with van der Waals surface area (Å²) in [5.41, 5.74) is 0.677. The molecular weight excluding hydrogens is 192 g/mol. The van der Waals surface area contributed by atoms with Crippen LogP contribution >= 0.6 is 0 Å². The van der Waals surface area contributed by atoms with Gasteiger partial charge in [-0.3, -0.25) is 0 Å². The van der Waals surface area contributed by atoms with Crippen LogP contribution < -0.4 is 0 Å². The van der Waals surface area contributed by atoms with E-state index >= 15 is 0 Å². The van der Waals surface area contributed by atoms with Crippen LogP contribution in [-0.2, 0) is 9.53 Å². The van der Waals surface area contributed by atoms with E-state index in [0.29, 0.717) is 17.8 Å². The normalized spacial score (nSPS) is 28.9. The average Bonchev–Trinajstić information content (AvgIpc) is 2.23. The fourth-order valence-corrected chi connectivity index (χ4v) is 1.78. The number of allylic oxidation sites excluding steroid dienone is 1. The zero-order chi connectivity index (χ0) is 11.4. The van der Waals surface area contributed by atoms with Gasteiger partial charge in [-0.1, -0.05) is 19.9 Å². The SMILES string of the molecule is CC.CC1=CC2CCC(O)=CC2OC1=O. The molecule has 15 heavy (non-hydrogen) atoms. The van der Waals surface area contributed by atoms with Gasteiger partial charge in [-0.2, -0.15) is 0 Å². The highest BCUT2D eigenvalue weighted by atomic mass is 16.5. The van der Waals surface area contributed by atoms with E-state index in [0.717, 1.165) is 6.42 Å². The number of hydrogen-bond acceptors (Lipinski definition) is 3. The smallest absolute Gasteiger partial charge is 0.334 e. The molecule has 0 spiro atoms. The third-order valence-corrected chi connectivity index (χ3v) is 2.54. The van der Waals surface area contributed by atoms with Gasteiger partial charge in [-0.25, -0.2) is 4.79 Å². The molecule has 2 atom stereocenters. The Morgan fingerprint density at radius 3 is 2.73 bits per heavy atom. The first-order valence-corrected chi connectivity index (χ1v) is 5.46. The standard InChI is InChI=1S/C10H12O3.C2H6/c1-6-4-7-2-3-8(11)5-9(7)13-10(6)12;1-2/h4-5,7,9,11H,2-3H2,1H3;1-2H3. The minimum absolute atomic E-state index is 0.245. The van der Waals surface area contributed by atoms with Gasteiger partial charge >= 0.3 is 5.97 Å². The zero-order valence-corrected chi connectivity index (χ0v) is 9.49. The van der Waals surface area contributed by atoms with E-state index in [2.05, 4.69) is 0 Å². The van der Waals surface area contributed by atoms with Crippen LogP contribution in [0.4, 0.5) is 0 Å². The quantitative estimate of drug-likeness (QED) is 0.625. The Kier molecular flexibility index (Phi) is 3.95. The van der Waals surface area contributed by atoms with Crippen LogP contribution in [0.3, 0.4) is 0 Å². The molecule has 0 fully saturated rings. The molecule has 3 nitrogen and oxygen atoms in total. The molecule has 2 rings (SSSR count). The van der Waals surface area contributed by atoms with Gasteiger partial charge in [0, 0.05) is 17.9 Å². The molecule has 1 N–H and O–H groups in total. The highest BCUT2D eigenvalue weighted by Crippen LogP contribution is 2.30. The van der Waals surface area contributed by atoms with Crippen molar-refractivity contribution in [2.45, 2.75) is 39.7 Å². The average molecular weight is 210 g/mol. The largest absolute Gasteiger partial charge is 0.513 e. The van der Waals surface area contributed by atoms with E-state index in [-0.39, 0.29) is 18.0 Å². The van der Waals surface area contributed by atoms with E-state index in [9.17, 15) is 9.90 Å². The predicted octanol–water partition coefficient (Wildman–Crippen LogP) is 2.74. The second-order valence-electron chi connectivity index (χ2n) is 3.58. The molecule has 1 aliphatic carbocycles. The van der Waals surface area contributed by atoms with Crippen molar-refractivity contribution in [2.75, 3.05) is 0 Å². The zero-order valence-electron chi connectivity index (χ0n) is 9.49. The van der Waals surface area contributed by atoms with Crippen molar-refractivity contribution in [1.82, 2.24) is 0 Å². The second-order valence-corrected chi connectivity index (χ2v) is 3.58. The van der Waals surface area contributed by atoms with Gasteiger partial charge in [-0.15, -0.1) is 0 Å². The maximum absolute atomic E-state index is 11.2. The molecule has 0 aromatic carbocycles. The molecule has 0 amide bonds. The lowest BCUT2D eigenvalue weighted by Gasteiger charge is -2.30. The van der Waals surface area contributed by atoms with E-state index in [4.69, 9.17) is 4.74 Å². The molecule has 3 heteroatoms. The summed E-state index contributed by atoms with van der Waals surface area (Å²) in [5, 5.41) is 9.25. The molecule has 0 radical (unpaired) electrons. The lowest BCUT2D eigenvalue weighted by molar-refractivity contribution is -0.145. The Morgan fingerprint density at radius 1 is 1.40 bits per heavy atom. The van der Waals surface area contributed by atoms with Gasteiger partial charge in [0.25, 0.3) is 0 Å². The van der Waals surface area contributed by atoms with Gasteiger partial charge in [-0.05, 0) is 19.4 Å². The topological polar surface area (TPSA) is 46.5 Å². The number of esters is 1. The first-order chi connectivity index (χ1) is 7.16. The van der Waals surface area contributed by atoms with Gasteiger partial charge in [0.05, 0.1) is 5.76 Å². The minimum Gasteiger partial charge on any atom is -0.513 e. The molecule has 1 aliphatic heterocycles. The molecule has 0 saturated carbocycles. The van der Waals surface area contributed by atoms with Crippen molar-refractivity contribution in [3.05, 3.63) is 23.5 Å². The van der Waals surface area contributed by atoms with Crippen LogP contribution in [0.1, 0.15) is 33.6 Å². The van der Waals surface area contributed by atoms with Crippen LogP contribution in [-0.4, -0.2) is 17.2 Å². The lowest BCUT2D eigenvalue weighted by atomic mass is 9.87. The molecular formula is C12H18O3. The van der Waals surface area contributed by atoms with E-state index < -0.39 is 0 Å². The first kappa shape index (κ1) is 11.8. The maximum Gasteiger partial charge on any atom is 0.334 e. The van der Waals surface area contributed by atoms with Crippen LogP contribution in [0.25, 0.3) is 0 Å². The molecule has 0 aromatic rings. The van der Waals surface area contributed by atoms with Gasteiger partial charge < -0.3 is 9.84 Å². The van der Waals surface area contributed by atoms with Crippen LogP contribution in [0, 0.1) is 5.92 Å². The van der Waals surface area contributed by atoms with Crippen molar-refractivity contribution in [3.8, 4) is 0 Å². The Balaban J connectivity index is 0.000000531. The van der Waals surface area contributed by atoms with Gasteiger partial charge in [0.2, 0.25) is 0 Å². The van der Waals surface area contributed by atoms with Crippen LogP contribution in [0.2, 0.25) is 0 Å². The summed E-state index contributed by atoms with van der Waals surface area (Å²) >= 11 is 0. The molecule has 0 saturated heterocycles. The second kappa shape index (κ2) is 5.01. The van der Waals surface area contributed by atoms with Crippen molar-refractivity contribution in [1.29, 1.82) is 0 Å². The summed E-state index contributed by atoms with van der Waals surface area (Å²) in [7, 11) is 0. The van der Waals surface area contributed by atoms with Crippen LogP contribution in [0.15, 0.2) is 23.5 Å². The number of carbonyl (C=O) groups is 1. The van der Waals surface area contributed by atoms with Gasteiger partial charge in [0.15, 0.2) is 0 Å². The summed E-state index contributed by atoms with van der Waals surface area (Å²) < 4.78 is 5.13. The molecule has 2 unspecified atom stereocenters.